The summed E-state index contributed by atoms with van der Waals surface area (Å²) in [6.45, 7) is 0. The normalized spacial score (nSPS) is 27.3. The highest BCUT2D eigenvalue weighted by Crippen LogP contribution is 2.41. The van der Waals surface area contributed by atoms with Gasteiger partial charge < -0.3 is 5.32 Å². The lowest BCUT2D eigenvalue weighted by Crippen LogP contribution is -2.41. The molecule has 1 saturated heterocycles. The summed E-state index contributed by atoms with van der Waals surface area (Å²) in [5.74, 6) is -0.139. The molecule has 0 aromatic heterocycles. The molecule has 1 aliphatic heterocycles. The fraction of sp³-hybridized carbons (Fsp3) is 0.333. The number of hydrogen-bond donors (Lipinski definition) is 1. The number of carbonyl (C=O) groups excluding carboxylic acids is 2. The molecule has 16 heavy (non-hydrogen) atoms. The number of rotatable bonds is 0. The number of aryl methyl sites for hydroxylation is 1. The Kier molecular flexibility index (Phi) is 1.98. The van der Waals surface area contributed by atoms with E-state index in [1.54, 1.807) is 0 Å². The van der Waals surface area contributed by atoms with E-state index >= 15 is 0 Å². The monoisotopic (exact) mass is 279 g/mol. The Morgan fingerprint density at radius 1 is 1.31 bits per heavy atom. The number of ketones is 1. The molecule has 1 amide bonds. The van der Waals surface area contributed by atoms with Crippen LogP contribution < -0.4 is 5.32 Å². The van der Waals surface area contributed by atoms with Crippen LogP contribution in [-0.4, -0.2) is 11.7 Å². The Balaban J connectivity index is 2.15. The van der Waals surface area contributed by atoms with Crippen LogP contribution in [0.2, 0.25) is 0 Å². The molecule has 0 radical (unpaired) electrons. The summed E-state index contributed by atoms with van der Waals surface area (Å²) in [5.41, 5.74) is 1.42. The van der Waals surface area contributed by atoms with Gasteiger partial charge in [0.15, 0.2) is 5.78 Å². The third-order valence-corrected chi connectivity index (χ3v) is 3.94. The third kappa shape index (κ3) is 1.19. The minimum atomic E-state index is -0.715. The molecule has 0 bridgehead atoms. The molecule has 1 heterocycles. The lowest BCUT2D eigenvalue weighted by molar-refractivity contribution is -0.123. The van der Waals surface area contributed by atoms with Crippen molar-refractivity contribution >= 4 is 27.6 Å². The van der Waals surface area contributed by atoms with Crippen LogP contribution in [0.15, 0.2) is 22.7 Å². The number of fused-ring (bicyclic) bond motifs is 2. The lowest BCUT2D eigenvalue weighted by Gasteiger charge is -2.22. The summed E-state index contributed by atoms with van der Waals surface area (Å²) in [7, 11) is 0. The van der Waals surface area contributed by atoms with Crippen molar-refractivity contribution in [2.45, 2.75) is 24.8 Å². The highest BCUT2D eigenvalue weighted by molar-refractivity contribution is 9.10. The average Bonchev–Trinajstić information content (AvgIpc) is 2.70. The molecule has 1 aliphatic carbocycles. The maximum atomic E-state index is 12.0. The molecule has 1 aromatic rings. The predicted molar refractivity (Wildman–Crippen MR) is 61.9 cm³/mol. The first-order valence-corrected chi connectivity index (χ1v) is 6.04. The van der Waals surface area contributed by atoms with Crippen molar-refractivity contribution < 1.29 is 9.59 Å². The van der Waals surface area contributed by atoms with Gasteiger partial charge in [0.05, 0.1) is 6.42 Å². The van der Waals surface area contributed by atoms with E-state index in [2.05, 4.69) is 21.2 Å². The summed E-state index contributed by atoms with van der Waals surface area (Å²) in [5, 5.41) is 2.85. The third-order valence-electron chi connectivity index (χ3n) is 3.45. The number of amides is 1. The Hall–Kier alpha value is -1.16. The van der Waals surface area contributed by atoms with E-state index in [1.807, 2.05) is 18.2 Å². The van der Waals surface area contributed by atoms with Crippen LogP contribution in [0.4, 0.5) is 0 Å². The van der Waals surface area contributed by atoms with Crippen LogP contribution in [0.1, 0.15) is 24.0 Å². The van der Waals surface area contributed by atoms with Crippen LogP contribution in [0.25, 0.3) is 0 Å². The first-order valence-electron chi connectivity index (χ1n) is 5.25. The van der Waals surface area contributed by atoms with Gasteiger partial charge in [-0.25, -0.2) is 0 Å². The zero-order valence-electron chi connectivity index (χ0n) is 8.55. The van der Waals surface area contributed by atoms with Crippen molar-refractivity contribution in [2.24, 2.45) is 0 Å². The number of hydrogen-bond acceptors (Lipinski definition) is 2. The second-order valence-corrected chi connectivity index (χ2v) is 5.27. The van der Waals surface area contributed by atoms with Crippen molar-refractivity contribution in [1.29, 1.82) is 0 Å². The minimum Gasteiger partial charge on any atom is -0.339 e. The van der Waals surface area contributed by atoms with Crippen molar-refractivity contribution in [3.05, 3.63) is 33.8 Å². The van der Waals surface area contributed by atoms with E-state index in [4.69, 9.17) is 0 Å². The molecule has 1 fully saturated rings. The van der Waals surface area contributed by atoms with E-state index in [-0.39, 0.29) is 18.1 Å². The maximum Gasteiger partial charge on any atom is 0.228 e. The molecule has 1 spiro atoms. The molecule has 1 aromatic carbocycles. The molecule has 0 saturated carbocycles. The summed E-state index contributed by atoms with van der Waals surface area (Å²) in [6, 6.07) is 5.89. The SMILES string of the molecule is O=C1CC(=O)C2(CCc3cc(Br)ccc32)N1. The lowest BCUT2D eigenvalue weighted by atomic mass is 9.89. The molecular weight excluding hydrogens is 270 g/mol. The average molecular weight is 280 g/mol. The Morgan fingerprint density at radius 3 is 2.81 bits per heavy atom. The zero-order chi connectivity index (χ0) is 11.3. The molecule has 82 valence electrons. The fourth-order valence-electron chi connectivity index (χ4n) is 2.71. The number of halogens is 1. The molecule has 3 rings (SSSR count). The molecular formula is C12H10BrNO2. The second kappa shape index (κ2) is 3.17. The van der Waals surface area contributed by atoms with Crippen LogP contribution in [0.5, 0.6) is 0 Å². The Bertz CT molecular complexity index is 512. The van der Waals surface area contributed by atoms with E-state index < -0.39 is 5.54 Å². The highest BCUT2D eigenvalue weighted by atomic mass is 79.9. The summed E-state index contributed by atoms with van der Waals surface area (Å²) in [6.07, 6.45) is 1.57. The molecule has 1 atom stereocenters. The van der Waals surface area contributed by atoms with Gasteiger partial charge in [-0.1, -0.05) is 22.0 Å². The van der Waals surface area contributed by atoms with Gasteiger partial charge in [-0.3, -0.25) is 9.59 Å². The molecule has 4 heteroatoms. The van der Waals surface area contributed by atoms with E-state index in [9.17, 15) is 9.59 Å². The number of Topliss-reactive ketones (excluding diaryl/α,β-unsaturated/α-hetero) is 1. The van der Waals surface area contributed by atoms with Gasteiger partial charge in [-0.15, -0.1) is 0 Å². The maximum absolute atomic E-state index is 12.0. The predicted octanol–water partition coefficient (Wildman–Crippen LogP) is 1.68. The van der Waals surface area contributed by atoms with E-state index in [0.29, 0.717) is 6.42 Å². The fourth-order valence-corrected chi connectivity index (χ4v) is 3.12. The molecule has 1 N–H and O–H groups in total. The van der Waals surface area contributed by atoms with Crippen molar-refractivity contribution in [2.75, 3.05) is 0 Å². The quantitative estimate of drug-likeness (QED) is 0.735. The van der Waals surface area contributed by atoms with Crippen molar-refractivity contribution in [3.8, 4) is 0 Å². The van der Waals surface area contributed by atoms with Crippen molar-refractivity contribution in [1.82, 2.24) is 5.32 Å². The van der Waals surface area contributed by atoms with Crippen LogP contribution >= 0.6 is 15.9 Å². The largest absolute Gasteiger partial charge is 0.339 e. The van der Waals surface area contributed by atoms with Gasteiger partial charge >= 0.3 is 0 Å². The first-order chi connectivity index (χ1) is 7.62. The van der Waals surface area contributed by atoms with Gasteiger partial charge in [-0.05, 0) is 36.1 Å². The van der Waals surface area contributed by atoms with Crippen molar-refractivity contribution in [3.63, 3.8) is 0 Å². The number of nitrogens with one attached hydrogen (secondary N) is 1. The smallest absolute Gasteiger partial charge is 0.228 e. The highest BCUT2D eigenvalue weighted by Gasteiger charge is 2.50. The second-order valence-electron chi connectivity index (χ2n) is 4.35. The van der Waals surface area contributed by atoms with Crippen LogP contribution in [0, 0.1) is 0 Å². The van der Waals surface area contributed by atoms with Crippen LogP contribution in [-0.2, 0) is 21.5 Å². The van der Waals surface area contributed by atoms with Gasteiger partial charge in [0.2, 0.25) is 5.91 Å². The topological polar surface area (TPSA) is 46.2 Å². The van der Waals surface area contributed by atoms with Gasteiger partial charge in [0.1, 0.15) is 5.54 Å². The van der Waals surface area contributed by atoms with E-state index in [1.165, 1.54) is 0 Å². The molecule has 2 aliphatic rings. The van der Waals surface area contributed by atoms with Gasteiger partial charge in [-0.2, -0.15) is 0 Å². The Morgan fingerprint density at radius 2 is 2.12 bits per heavy atom. The molecule has 1 unspecified atom stereocenters. The minimum absolute atomic E-state index is 0.0126. The standard InChI is InChI=1S/C12H10BrNO2/c13-8-1-2-9-7(5-8)3-4-12(9)10(15)6-11(16)14-12/h1-2,5H,3-4,6H2,(H,14,16). The van der Waals surface area contributed by atoms with Gasteiger partial charge in [0, 0.05) is 4.47 Å². The van der Waals surface area contributed by atoms with E-state index in [0.717, 1.165) is 22.0 Å². The summed E-state index contributed by atoms with van der Waals surface area (Å²) >= 11 is 3.42. The first kappa shape index (κ1) is 10.0. The number of carbonyl (C=O) groups is 2. The number of benzene rings is 1. The summed E-state index contributed by atoms with van der Waals surface area (Å²) < 4.78 is 1.01. The van der Waals surface area contributed by atoms with Crippen LogP contribution in [0.3, 0.4) is 0 Å². The molecule has 3 nitrogen and oxygen atoms in total. The Labute approximate surface area is 101 Å². The van der Waals surface area contributed by atoms with Gasteiger partial charge in [0.25, 0.3) is 0 Å². The summed E-state index contributed by atoms with van der Waals surface area (Å²) in [4.78, 5) is 23.3. The zero-order valence-corrected chi connectivity index (χ0v) is 10.1.